The molecule has 6 rings (SSSR count). The lowest BCUT2D eigenvalue weighted by atomic mass is 9.93. The first-order chi connectivity index (χ1) is 27.2. The summed E-state index contributed by atoms with van der Waals surface area (Å²) in [5.74, 6) is -0.677. The number of benzene rings is 4. The highest BCUT2D eigenvalue weighted by atomic mass is 16.5. The normalized spacial score (nSPS) is 11.4. The Morgan fingerprint density at radius 3 is 2.10 bits per heavy atom. The molecule has 2 heterocycles. The summed E-state index contributed by atoms with van der Waals surface area (Å²) in [6.45, 7) is 13.6. The van der Waals surface area contributed by atoms with E-state index in [1.807, 2.05) is 60.3 Å². The van der Waals surface area contributed by atoms with E-state index in [0.29, 0.717) is 58.4 Å². The van der Waals surface area contributed by atoms with Gasteiger partial charge in [-0.25, -0.2) is 4.68 Å². The minimum absolute atomic E-state index is 0. The zero-order valence-electron chi connectivity index (χ0n) is 34.5. The second-order valence-electron chi connectivity index (χ2n) is 13.9. The van der Waals surface area contributed by atoms with Crippen molar-refractivity contribution in [2.75, 3.05) is 58.1 Å². The van der Waals surface area contributed by atoms with Gasteiger partial charge in [0, 0.05) is 31.9 Å². The molecule has 0 saturated carbocycles. The summed E-state index contributed by atoms with van der Waals surface area (Å²) in [6.07, 6.45) is 1.13. The van der Waals surface area contributed by atoms with Crippen molar-refractivity contribution in [3.8, 4) is 33.6 Å². The minimum Gasteiger partial charge on any atom is -0.412 e. The van der Waals surface area contributed by atoms with Crippen LogP contribution in [0.15, 0.2) is 84.9 Å². The van der Waals surface area contributed by atoms with Crippen LogP contribution in [0, 0.1) is 20.8 Å². The number of hydrogen-bond acceptors (Lipinski definition) is 8. The molecule has 0 fully saturated rings. The SMILES string of the molecule is CCc1cccc(-c2c(C)cc(C)cc2C)c1.CNCCOCCOCCOCCn1nnc2c1-c1ccccc1CN(C(=O)CCC(N)=O)c1ccccc1-2.O.O.[HH]. The Labute approximate surface area is 343 Å². The fourth-order valence-electron chi connectivity index (χ4n) is 7.01. The number of hydrogen-bond donors (Lipinski definition) is 2. The maximum atomic E-state index is 13.2. The van der Waals surface area contributed by atoms with Gasteiger partial charge < -0.3 is 41.1 Å². The number of nitrogens with one attached hydrogen (secondary N) is 1. The van der Waals surface area contributed by atoms with Crippen LogP contribution in [0.3, 0.4) is 0 Å². The molecular weight excluding hydrogens is 737 g/mol. The van der Waals surface area contributed by atoms with E-state index in [4.69, 9.17) is 19.9 Å². The van der Waals surface area contributed by atoms with Crippen LogP contribution in [-0.4, -0.2) is 91.0 Å². The van der Waals surface area contributed by atoms with Gasteiger partial charge in [-0.3, -0.25) is 9.59 Å². The van der Waals surface area contributed by atoms with E-state index < -0.39 is 5.91 Å². The predicted molar refractivity (Wildman–Crippen MR) is 232 cm³/mol. The Bertz CT molecular complexity index is 2050. The smallest absolute Gasteiger partial charge is 0.227 e. The molecule has 5 aromatic rings. The first kappa shape index (κ1) is 47.1. The number of nitrogens with two attached hydrogens (primary N) is 1. The zero-order chi connectivity index (χ0) is 39.9. The molecule has 13 nitrogen and oxygen atoms in total. The lowest BCUT2D eigenvalue weighted by Gasteiger charge is -2.28. The number of carbonyl (C=O) groups is 2. The summed E-state index contributed by atoms with van der Waals surface area (Å²) in [5.41, 5.74) is 18.5. The molecule has 0 saturated heterocycles. The number of anilines is 1. The molecule has 0 radical (unpaired) electrons. The average Bonchev–Trinajstić information content (AvgIpc) is 3.60. The Kier molecular flexibility index (Phi) is 19.4. The van der Waals surface area contributed by atoms with Gasteiger partial charge in [0.1, 0.15) is 5.69 Å². The number of nitrogens with zero attached hydrogens (tertiary/aromatic N) is 4. The molecular formula is C45H62N6O7. The van der Waals surface area contributed by atoms with E-state index in [1.165, 1.54) is 33.4 Å². The number of fused-ring (bicyclic) bond motifs is 5. The molecule has 0 atom stereocenters. The number of rotatable bonds is 17. The molecule has 4 aromatic carbocycles. The Balaban J connectivity index is 0.000000506. The highest BCUT2D eigenvalue weighted by Gasteiger charge is 2.29. The number of primary amides is 1. The topological polar surface area (TPSA) is 197 Å². The quantitative estimate of drug-likeness (QED) is 0.116. The van der Waals surface area contributed by atoms with Crippen molar-refractivity contribution in [1.82, 2.24) is 20.3 Å². The summed E-state index contributed by atoms with van der Waals surface area (Å²) in [5, 5.41) is 12.0. The zero-order valence-corrected chi connectivity index (χ0v) is 34.5. The van der Waals surface area contributed by atoms with Crippen molar-refractivity contribution in [3.63, 3.8) is 0 Å². The van der Waals surface area contributed by atoms with E-state index >= 15 is 0 Å². The first-order valence-electron chi connectivity index (χ1n) is 19.5. The molecule has 1 aromatic heterocycles. The van der Waals surface area contributed by atoms with Crippen LogP contribution in [0.5, 0.6) is 0 Å². The van der Waals surface area contributed by atoms with Crippen LogP contribution >= 0.6 is 0 Å². The van der Waals surface area contributed by atoms with Crippen molar-refractivity contribution in [1.29, 1.82) is 0 Å². The lowest BCUT2D eigenvalue weighted by Crippen LogP contribution is -2.32. The first-order valence-corrected chi connectivity index (χ1v) is 19.5. The maximum Gasteiger partial charge on any atom is 0.227 e. The van der Waals surface area contributed by atoms with Crippen LogP contribution in [0.1, 0.15) is 49.0 Å². The second kappa shape index (κ2) is 23.8. The van der Waals surface area contributed by atoms with Gasteiger partial charge in [0.25, 0.3) is 0 Å². The van der Waals surface area contributed by atoms with Crippen LogP contribution in [-0.2, 0) is 43.3 Å². The van der Waals surface area contributed by atoms with Gasteiger partial charge in [-0.1, -0.05) is 96.6 Å². The molecule has 7 N–H and O–H groups in total. The van der Waals surface area contributed by atoms with Gasteiger partial charge in [-0.05, 0) is 73.7 Å². The number of amides is 2. The molecule has 0 aliphatic carbocycles. The number of carbonyl (C=O) groups excluding carboxylic acids is 2. The Morgan fingerprint density at radius 2 is 1.43 bits per heavy atom. The lowest BCUT2D eigenvalue weighted by molar-refractivity contribution is -0.123. The molecule has 58 heavy (non-hydrogen) atoms. The Hall–Kier alpha value is -5.28. The number of para-hydroxylation sites is 1. The maximum absolute atomic E-state index is 13.2. The highest BCUT2D eigenvalue weighted by molar-refractivity contribution is 6.01. The third kappa shape index (κ3) is 12.6. The molecule has 1 aliphatic rings. The van der Waals surface area contributed by atoms with Crippen molar-refractivity contribution in [2.24, 2.45) is 5.73 Å². The van der Waals surface area contributed by atoms with Gasteiger partial charge in [-0.2, -0.15) is 0 Å². The van der Waals surface area contributed by atoms with Crippen LogP contribution in [0.4, 0.5) is 5.69 Å². The van der Waals surface area contributed by atoms with Crippen LogP contribution < -0.4 is 16.0 Å². The number of aryl methyl sites for hydroxylation is 4. The van der Waals surface area contributed by atoms with Crippen molar-refractivity contribution in [3.05, 3.63) is 113 Å². The van der Waals surface area contributed by atoms with E-state index in [9.17, 15) is 9.59 Å². The van der Waals surface area contributed by atoms with Gasteiger partial charge >= 0.3 is 0 Å². The van der Waals surface area contributed by atoms with Gasteiger partial charge in [-0.15, -0.1) is 5.10 Å². The average molecular weight is 799 g/mol. The van der Waals surface area contributed by atoms with E-state index in [2.05, 4.69) is 79.7 Å². The molecule has 1 aliphatic heterocycles. The van der Waals surface area contributed by atoms with E-state index in [0.717, 1.165) is 41.0 Å². The molecule has 314 valence electrons. The minimum atomic E-state index is -0.503. The fraction of sp³-hybridized carbons (Fsp3) is 0.378. The predicted octanol–water partition coefficient (Wildman–Crippen LogP) is 5.43. The van der Waals surface area contributed by atoms with Crippen molar-refractivity contribution < 1.29 is 36.2 Å². The van der Waals surface area contributed by atoms with Gasteiger partial charge in [0.15, 0.2) is 0 Å². The summed E-state index contributed by atoms with van der Waals surface area (Å²) >= 11 is 0. The molecule has 0 bridgehead atoms. The summed E-state index contributed by atoms with van der Waals surface area (Å²) < 4.78 is 18.6. The summed E-state index contributed by atoms with van der Waals surface area (Å²) in [6, 6.07) is 29.0. The van der Waals surface area contributed by atoms with Gasteiger partial charge in [0.05, 0.1) is 64.1 Å². The van der Waals surface area contributed by atoms with Crippen LogP contribution in [0.25, 0.3) is 33.6 Å². The van der Waals surface area contributed by atoms with Crippen molar-refractivity contribution >= 4 is 17.5 Å². The molecule has 2 amide bonds. The summed E-state index contributed by atoms with van der Waals surface area (Å²) in [4.78, 5) is 26.3. The molecule has 0 spiro atoms. The monoisotopic (exact) mass is 798 g/mol. The molecule has 0 unspecified atom stereocenters. The third-order valence-electron chi connectivity index (χ3n) is 9.66. The van der Waals surface area contributed by atoms with Gasteiger partial charge in [0.2, 0.25) is 11.8 Å². The number of likely N-dealkylation sites (N-methyl/N-ethyl adjacent to an activating group) is 1. The Morgan fingerprint density at radius 1 is 0.793 bits per heavy atom. The highest BCUT2D eigenvalue weighted by Crippen LogP contribution is 2.41. The van der Waals surface area contributed by atoms with E-state index in [1.54, 1.807) is 4.90 Å². The van der Waals surface area contributed by atoms with Crippen molar-refractivity contribution in [2.45, 2.75) is 60.0 Å². The molecule has 13 heteroatoms. The third-order valence-corrected chi connectivity index (χ3v) is 9.66. The van der Waals surface area contributed by atoms with E-state index in [-0.39, 0.29) is 31.1 Å². The summed E-state index contributed by atoms with van der Waals surface area (Å²) in [7, 11) is 1.89. The number of aromatic nitrogens is 3. The fourth-order valence-corrected chi connectivity index (χ4v) is 7.01. The second-order valence-corrected chi connectivity index (χ2v) is 13.9. The van der Waals surface area contributed by atoms with Crippen LogP contribution in [0.2, 0.25) is 0 Å². The largest absolute Gasteiger partial charge is 0.412 e. The standard InChI is InChI=1S/C28H36N6O5.C17H20.2H2O.H2/c1-30-12-14-37-16-18-39-19-17-38-15-13-34-28-22-7-3-2-6-21(22)20-33(26(36)11-10-25(29)35)24-9-5-4-8-23(24)27(28)31-32-34;1-5-15-7-6-8-16(11-15)17-13(3)9-12(2)10-14(17)4;;;/h2-9,30H,10-20H2,1H3,(H2,29,35);6-11H,5H2,1-4H3;2*1H2;1H. The number of ether oxygens (including phenoxy) is 3.